The number of para-hydroxylation sites is 1. The van der Waals surface area contributed by atoms with Gasteiger partial charge >= 0.3 is 0 Å². The summed E-state index contributed by atoms with van der Waals surface area (Å²) in [4.78, 5) is 11.8. The van der Waals surface area contributed by atoms with E-state index in [1.807, 2.05) is 43.3 Å². The maximum Gasteiger partial charge on any atom is 0.262 e. The SMILES string of the molecule is Cc1ccc(NC(=O)COc2ccccc2I)c(N)c1. The maximum absolute atomic E-state index is 11.8. The van der Waals surface area contributed by atoms with Gasteiger partial charge < -0.3 is 15.8 Å². The number of anilines is 2. The van der Waals surface area contributed by atoms with Gasteiger partial charge in [0.15, 0.2) is 6.61 Å². The molecular formula is C15H15IN2O2. The average Bonchev–Trinajstić information content (AvgIpc) is 2.41. The van der Waals surface area contributed by atoms with Crippen LogP contribution in [-0.2, 0) is 4.79 Å². The van der Waals surface area contributed by atoms with Crippen molar-refractivity contribution >= 4 is 39.9 Å². The number of aryl methyl sites for hydroxylation is 1. The van der Waals surface area contributed by atoms with E-state index < -0.39 is 0 Å². The molecule has 0 saturated heterocycles. The normalized spacial score (nSPS) is 10.1. The molecule has 3 N–H and O–H groups in total. The van der Waals surface area contributed by atoms with Gasteiger partial charge in [0.1, 0.15) is 5.75 Å². The molecule has 20 heavy (non-hydrogen) atoms. The Morgan fingerprint density at radius 2 is 2.05 bits per heavy atom. The summed E-state index contributed by atoms with van der Waals surface area (Å²) < 4.78 is 6.44. The van der Waals surface area contributed by atoms with Crippen LogP contribution in [0.15, 0.2) is 42.5 Å². The van der Waals surface area contributed by atoms with Crippen molar-refractivity contribution in [2.45, 2.75) is 6.92 Å². The number of halogens is 1. The fourth-order valence-corrected chi connectivity index (χ4v) is 2.23. The summed E-state index contributed by atoms with van der Waals surface area (Å²) in [6.45, 7) is 1.90. The summed E-state index contributed by atoms with van der Waals surface area (Å²) in [5.74, 6) is 0.459. The van der Waals surface area contributed by atoms with Gasteiger partial charge in [-0.05, 0) is 59.3 Å². The lowest BCUT2D eigenvalue weighted by Gasteiger charge is -2.10. The number of hydrogen-bond donors (Lipinski definition) is 2. The molecule has 2 aromatic carbocycles. The number of nitrogens with one attached hydrogen (secondary N) is 1. The smallest absolute Gasteiger partial charge is 0.262 e. The second-order valence-electron chi connectivity index (χ2n) is 4.36. The molecule has 0 atom stereocenters. The molecule has 2 aromatic rings. The van der Waals surface area contributed by atoms with Crippen molar-refractivity contribution in [2.75, 3.05) is 17.7 Å². The van der Waals surface area contributed by atoms with Crippen LogP contribution in [0.3, 0.4) is 0 Å². The van der Waals surface area contributed by atoms with Gasteiger partial charge in [-0.2, -0.15) is 0 Å². The number of benzene rings is 2. The van der Waals surface area contributed by atoms with Crippen LogP contribution < -0.4 is 15.8 Å². The van der Waals surface area contributed by atoms with Crippen molar-refractivity contribution in [2.24, 2.45) is 0 Å². The van der Waals surface area contributed by atoms with Crippen LogP contribution in [0.4, 0.5) is 11.4 Å². The Kier molecular flexibility index (Phi) is 4.84. The molecule has 0 saturated carbocycles. The van der Waals surface area contributed by atoms with Gasteiger partial charge in [-0.25, -0.2) is 0 Å². The van der Waals surface area contributed by atoms with E-state index in [9.17, 15) is 4.79 Å². The molecule has 2 rings (SSSR count). The van der Waals surface area contributed by atoms with Crippen LogP contribution in [-0.4, -0.2) is 12.5 Å². The molecule has 0 heterocycles. The first kappa shape index (κ1) is 14.6. The Bertz CT molecular complexity index is 629. The first-order chi connectivity index (χ1) is 9.56. The maximum atomic E-state index is 11.8. The summed E-state index contributed by atoms with van der Waals surface area (Å²) >= 11 is 2.16. The Morgan fingerprint density at radius 3 is 2.75 bits per heavy atom. The van der Waals surface area contributed by atoms with Crippen molar-refractivity contribution in [1.82, 2.24) is 0 Å². The first-order valence-corrected chi connectivity index (χ1v) is 7.17. The predicted octanol–water partition coefficient (Wildman–Crippen LogP) is 3.20. The summed E-state index contributed by atoms with van der Waals surface area (Å²) in [7, 11) is 0. The number of carbonyl (C=O) groups excluding carboxylic acids is 1. The molecule has 0 aliphatic carbocycles. The molecule has 0 aliphatic rings. The predicted molar refractivity (Wildman–Crippen MR) is 88.9 cm³/mol. The highest BCUT2D eigenvalue weighted by molar-refractivity contribution is 14.1. The average molecular weight is 382 g/mol. The zero-order valence-electron chi connectivity index (χ0n) is 11.0. The summed E-state index contributed by atoms with van der Waals surface area (Å²) in [5.41, 5.74) is 8.05. The van der Waals surface area contributed by atoms with Gasteiger partial charge in [-0.1, -0.05) is 18.2 Å². The summed E-state index contributed by atoms with van der Waals surface area (Å²) in [6, 6.07) is 13.0. The van der Waals surface area contributed by atoms with Crippen LogP contribution in [0.2, 0.25) is 0 Å². The second kappa shape index (κ2) is 6.60. The Hall–Kier alpha value is -1.76. The highest BCUT2D eigenvalue weighted by atomic mass is 127. The number of carbonyl (C=O) groups is 1. The van der Waals surface area contributed by atoms with Crippen molar-refractivity contribution in [3.8, 4) is 5.75 Å². The quantitative estimate of drug-likeness (QED) is 0.631. The van der Waals surface area contributed by atoms with E-state index in [0.29, 0.717) is 17.1 Å². The number of nitrogen functional groups attached to an aromatic ring is 1. The minimum absolute atomic E-state index is 0.0483. The minimum atomic E-state index is -0.236. The van der Waals surface area contributed by atoms with Crippen LogP contribution in [0, 0.1) is 10.5 Å². The zero-order valence-corrected chi connectivity index (χ0v) is 13.2. The lowest BCUT2D eigenvalue weighted by Crippen LogP contribution is -2.21. The van der Waals surface area contributed by atoms with Gasteiger partial charge in [-0.15, -0.1) is 0 Å². The van der Waals surface area contributed by atoms with E-state index in [1.165, 1.54) is 0 Å². The molecule has 0 aliphatic heterocycles. The molecule has 1 amide bonds. The van der Waals surface area contributed by atoms with Crippen molar-refractivity contribution in [3.63, 3.8) is 0 Å². The molecule has 104 valence electrons. The topological polar surface area (TPSA) is 64.3 Å². The van der Waals surface area contributed by atoms with Crippen LogP contribution in [0.5, 0.6) is 5.75 Å². The first-order valence-electron chi connectivity index (χ1n) is 6.09. The number of rotatable bonds is 4. The van der Waals surface area contributed by atoms with Crippen molar-refractivity contribution in [3.05, 3.63) is 51.6 Å². The van der Waals surface area contributed by atoms with E-state index in [2.05, 4.69) is 27.9 Å². The Morgan fingerprint density at radius 1 is 1.30 bits per heavy atom. The molecule has 4 nitrogen and oxygen atoms in total. The van der Waals surface area contributed by atoms with Gasteiger partial charge in [0.2, 0.25) is 0 Å². The van der Waals surface area contributed by atoms with E-state index in [-0.39, 0.29) is 12.5 Å². The minimum Gasteiger partial charge on any atom is -0.483 e. The molecule has 0 bridgehead atoms. The fraction of sp³-hybridized carbons (Fsp3) is 0.133. The lowest BCUT2D eigenvalue weighted by molar-refractivity contribution is -0.118. The highest BCUT2D eigenvalue weighted by Gasteiger charge is 2.07. The molecule has 0 fully saturated rings. The van der Waals surface area contributed by atoms with Gasteiger partial charge in [0.05, 0.1) is 14.9 Å². The molecular weight excluding hydrogens is 367 g/mol. The van der Waals surface area contributed by atoms with Crippen LogP contribution >= 0.6 is 22.6 Å². The summed E-state index contributed by atoms with van der Waals surface area (Å²) in [5, 5.41) is 2.74. The molecule has 0 aromatic heterocycles. The molecule has 0 radical (unpaired) electrons. The van der Waals surface area contributed by atoms with Gasteiger partial charge in [0.25, 0.3) is 5.91 Å². The van der Waals surface area contributed by atoms with Gasteiger partial charge in [0, 0.05) is 0 Å². The standard InChI is InChI=1S/C15H15IN2O2/c1-10-6-7-13(12(17)8-10)18-15(19)9-20-14-5-3-2-4-11(14)16/h2-8H,9,17H2,1H3,(H,18,19). The number of hydrogen-bond acceptors (Lipinski definition) is 3. The third kappa shape index (κ3) is 3.86. The second-order valence-corrected chi connectivity index (χ2v) is 5.52. The summed E-state index contributed by atoms with van der Waals surface area (Å²) in [6.07, 6.45) is 0. The van der Waals surface area contributed by atoms with E-state index in [4.69, 9.17) is 10.5 Å². The van der Waals surface area contributed by atoms with Crippen molar-refractivity contribution < 1.29 is 9.53 Å². The van der Waals surface area contributed by atoms with Crippen LogP contribution in [0.1, 0.15) is 5.56 Å². The lowest BCUT2D eigenvalue weighted by atomic mass is 10.2. The number of amides is 1. The number of nitrogens with two attached hydrogens (primary N) is 1. The largest absolute Gasteiger partial charge is 0.483 e. The monoisotopic (exact) mass is 382 g/mol. The number of ether oxygens (including phenoxy) is 1. The Balaban J connectivity index is 1.94. The molecule has 5 heteroatoms. The van der Waals surface area contributed by atoms with E-state index >= 15 is 0 Å². The third-order valence-corrected chi connectivity index (χ3v) is 3.57. The fourth-order valence-electron chi connectivity index (χ4n) is 1.69. The molecule has 0 spiro atoms. The van der Waals surface area contributed by atoms with Gasteiger partial charge in [-0.3, -0.25) is 4.79 Å². The molecule has 0 unspecified atom stereocenters. The zero-order chi connectivity index (χ0) is 14.5. The van der Waals surface area contributed by atoms with Crippen molar-refractivity contribution in [1.29, 1.82) is 0 Å². The van der Waals surface area contributed by atoms with Crippen LogP contribution in [0.25, 0.3) is 0 Å². The third-order valence-electron chi connectivity index (χ3n) is 2.68. The van der Waals surface area contributed by atoms with E-state index in [1.54, 1.807) is 6.07 Å². The van der Waals surface area contributed by atoms with E-state index in [0.717, 1.165) is 9.13 Å². The Labute approximate surface area is 131 Å². The highest BCUT2D eigenvalue weighted by Crippen LogP contribution is 2.21.